The molecule has 2 rings (SSSR count). The van der Waals surface area contributed by atoms with Crippen molar-refractivity contribution >= 4 is 23.7 Å². The highest BCUT2D eigenvalue weighted by Crippen LogP contribution is 2.21. The maximum Gasteiger partial charge on any atom is 0.471 e. The van der Waals surface area contributed by atoms with Crippen molar-refractivity contribution in [2.24, 2.45) is 0 Å². The minimum absolute atomic E-state index is 0.000745. The normalized spacial score (nSPS) is 16.0. The van der Waals surface area contributed by atoms with Gasteiger partial charge in [-0.1, -0.05) is 30.3 Å². The summed E-state index contributed by atoms with van der Waals surface area (Å²) in [5, 5.41) is 1.68. The van der Waals surface area contributed by atoms with Gasteiger partial charge in [-0.25, -0.2) is 4.79 Å². The minimum atomic E-state index is -5.22. The summed E-state index contributed by atoms with van der Waals surface area (Å²) in [5.41, 5.74) is -0.000745. The van der Waals surface area contributed by atoms with E-state index in [1.54, 1.807) is 6.07 Å². The number of benzene rings is 1. The van der Waals surface area contributed by atoms with Gasteiger partial charge in [0.2, 0.25) is 0 Å². The molecule has 0 saturated carbocycles. The van der Waals surface area contributed by atoms with Crippen molar-refractivity contribution in [3.8, 4) is 0 Å². The first kappa shape index (κ1) is 17.4. The number of amides is 3. The average molecular weight is 344 g/mol. The number of hydrogen-bond acceptors (Lipinski definition) is 5. The lowest BCUT2D eigenvalue weighted by Crippen LogP contribution is -2.44. The van der Waals surface area contributed by atoms with Crippen LogP contribution >= 0.6 is 0 Å². The molecule has 10 heteroatoms. The summed E-state index contributed by atoms with van der Waals surface area (Å²) in [6.45, 7) is 0. The van der Waals surface area contributed by atoms with E-state index in [9.17, 15) is 32.3 Å². The molecule has 1 N–H and O–H groups in total. The number of nitrogens with one attached hydrogen (secondary N) is 1. The first-order valence-electron chi connectivity index (χ1n) is 6.70. The van der Waals surface area contributed by atoms with E-state index in [0.717, 1.165) is 0 Å². The van der Waals surface area contributed by atoms with Crippen molar-refractivity contribution in [3.05, 3.63) is 35.9 Å². The molecule has 1 atom stereocenters. The molecule has 0 aliphatic carbocycles. The minimum Gasteiger partial charge on any atom is -0.331 e. The van der Waals surface area contributed by atoms with E-state index in [4.69, 9.17) is 0 Å². The number of rotatable bonds is 4. The second-order valence-corrected chi connectivity index (χ2v) is 4.81. The van der Waals surface area contributed by atoms with Gasteiger partial charge >= 0.3 is 18.1 Å². The topological polar surface area (TPSA) is 92.8 Å². The molecule has 0 bridgehead atoms. The number of hydroxylamine groups is 2. The van der Waals surface area contributed by atoms with Crippen molar-refractivity contribution < 1.29 is 37.2 Å². The Kier molecular flexibility index (Phi) is 4.86. The maximum absolute atomic E-state index is 12.4. The van der Waals surface area contributed by atoms with E-state index in [2.05, 4.69) is 4.84 Å². The Balaban J connectivity index is 2.22. The van der Waals surface area contributed by atoms with Crippen molar-refractivity contribution in [2.75, 3.05) is 0 Å². The van der Waals surface area contributed by atoms with Gasteiger partial charge in [-0.3, -0.25) is 14.4 Å². The van der Waals surface area contributed by atoms with Crippen LogP contribution in [0, 0.1) is 0 Å². The lowest BCUT2D eigenvalue weighted by molar-refractivity contribution is -0.200. The van der Waals surface area contributed by atoms with Crippen LogP contribution in [-0.4, -0.2) is 34.9 Å². The SMILES string of the molecule is O=C(ON1C(=O)CCC1=O)[C@H](NC(=O)C(F)(F)F)c1ccccc1. The van der Waals surface area contributed by atoms with Gasteiger partial charge in [0.15, 0.2) is 6.04 Å². The molecular weight excluding hydrogens is 333 g/mol. The van der Waals surface area contributed by atoms with Crippen LogP contribution in [0.1, 0.15) is 24.4 Å². The summed E-state index contributed by atoms with van der Waals surface area (Å²) in [5.74, 6) is -5.32. The van der Waals surface area contributed by atoms with Gasteiger partial charge in [0.05, 0.1) is 0 Å². The summed E-state index contributed by atoms with van der Waals surface area (Å²) in [6, 6.07) is 5.15. The second-order valence-electron chi connectivity index (χ2n) is 4.81. The zero-order valence-corrected chi connectivity index (χ0v) is 12.0. The molecule has 0 unspecified atom stereocenters. The molecule has 128 valence electrons. The van der Waals surface area contributed by atoms with Gasteiger partial charge < -0.3 is 10.2 Å². The monoisotopic (exact) mass is 344 g/mol. The Morgan fingerprint density at radius 1 is 1.08 bits per heavy atom. The molecule has 1 aromatic carbocycles. The summed E-state index contributed by atoms with van der Waals surface area (Å²) in [6.07, 6.45) is -5.55. The molecule has 0 spiro atoms. The predicted molar refractivity (Wildman–Crippen MR) is 70.6 cm³/mol. The van der Waals surface area contributed by atoms with Crippen molar-refractivity contribution in [3.63, 3.8) is 0 Å². The molecule has 24 heavy (non-hydrogen) atoms. The summed E-state index contributed by atoms with van der Waals surface area (Å²) < 4.78 is 37.3. The standard InChI is InChI=1S/C14H11F3N2O5/c15-14(16,17)13(23)18-11(8-4-2-1-3-5-8)12(22)24-19-9(20)6-7-10(19)21/h1-5,11H,6-7H2,(H,18,23)/t11-/m1/s1. The van der Waals surface area contributed by atoms with Crippen LogP contribution in [0.2, 0.25) is 0 Å². The van der Waals surface area contributed by atoms with Crippen LogP contribution < -0.4 is 5.32 Å². The molecule has 1 aliphatic heterocycles. The van der Waals surface area contributed by atoms with E-state index in [1.165, 1.54) is 29.6 Å². The van der Waals surface area contributed by atoms with Gasteiger partial charge in [-0.2, -0.15) is 13.2 Å². The lowest BCUT2D eigenvalue weighted by atomic mass is 10.1. The average Bonchev–Trinajstić information content (AvgIpc) is 2.84. The van der Waals surface area contributed by atoms with Gasteiger partial charge in [-0.05, 0) is 5.56 Å². The van der Waals surface area contributed by atoms with Crippen LogP contribution in [-0.2, 0) is 24.0 Å². The molecule has 7 nitrogen and oxygen atoms in total. The molecular formula is C14H11F3N2O5. The second kappa shape index (κ2) is 6.69. The third-order valence-electron chi connectivity index (χ3n) is 3.09. The number of alkyl halides is 3. The Morgan fingerprint density at radius 3 is 2.12 bits per heavy atom. The van der Waals surface area contributed by atoms with E-state index in [0.29, 0.717) is 0 Å². The number of hydrogen-bond donors (Lipinski definition) is 1. The number of halogens is 3. The largest absolute Gasteiger partial charge is 0.471 e. The van der Waals surface area contributed by atoms with Crippen LogP contribution in [0.5, 0.6) is 0 Å². The molecule has 1 saturated heterocycles. The Morgan fingerprint density at radius 2 is 1.62 bits per heavy atom. The zero-order chi connectivity index (χ0) is 17.9. The van der Waals surface area contributed by atoms with Gasteiger partial charge in [0.1, 0.15) is 0 Å². The molecule has 1 fully saturated rings. The quantitative estimate of drug-likeness (QED) is 0.823. The Labute approximate surface area is 133 Å². The van der Waals surface area contributed by atoms with E-state index < -0.39 is 35.9 Å². The van der Waals surface area contributed by atoms with Crippen molar-refractivity contribution in [2.45, 2.75) is 25.1 Å². The van der Waals surface area contributed by atoms with E-state index in [-0.39, 0.29) is 23.5 Å². The third-order valence-corrected chi connectivity index (χ3v) is 3.09. The number of carbonyl (C=O) groups is 4. The van der Waals surface area contributed by atoms with Crippen LogP contribution in [0.4, 0.5) is 13.2 Å². The van der Waals surface area contributed by atoms with E-state index in [1.807, 2.05) is 0 Å². The van der Waals surface area contributed by atoms with Crippen LogP contribution in [0.3, 0.4) is 0 Å². The first-order valence-corrected chi connectivity index (χ1v) is 6.70. The fourth-order valence-corrected chi connectivity index (χ4v) is 1.94. The highest BCUT2D eigenvalue weighted by molar-refractivity contribution is 6.02. The fourth-order valence-electron chi connectivity index (χ4n) is 1.94. The molecule has 1 aromatic rings. The van der Waals surface area contributed by atoms with Crippen molar-refractivity contribution in [1.29, 1.82) is 0 Å². The van der Waals surface area contributed by atoms with Crippen LogP contribution in [0.25, 0.3) is 0 Å². The van der Waals surface area contributed by atoms with Gasteiger partial charge in [-0.15, -0.1) is 5.06 Å². The number of nitrogens with zero attached hydrogens (tertiary/aromatic N) is 1. The molecule has 0 radical (unpaired) electrons. The lowest BCUT2D eigenvalue weighted by Gasteiger charge is -2.21. The molecule has 3 amide bonds. The highest BCUT2D eigenvalue weighted by atomic mass is 19.4. The molecule has 1 aliphatic rings. The zero-order valence-electron chi connectivity index (χ0n) is 12.0. The predicted octanol–water partition coefficient (Wildman–Crippen LogP) is 1.01. The first-order chi connectivity index (χ1) is 11.2. The number of imide groups is 1. The summed E-state index contributed by atoms with van der Waals surface area (Å²) in [7, 11) is 0. The van der Waals surface area contributed by atoms with Gasteiger partial charge in [0, 0.05) is 12.8 Å². The van der Waals surface area contributed by atoms with E-state index >= 15 is 0 Å². The Hall–Kier alpha value is -2.91. The summed E-state index contributed by atoms with van der Waals surface area (Å²) in [4.78, 5) is 50.7. The van der Waals surface area contributed by atoms with Crippen LogP contribution in [0.15, 0.2) is 30.3 Å². The van der Waals surface area contributed by atoms with Crippen molar-refractivity contribution in [1.82, 2.24) is 10.4 Å². The maximum atomic E-state index is 12.4. The molecule has 1 heterocycles. The Bertz CT molecular complexity index is 659. The molecule has 0 aromatic heterocycles. The fraction of sp³-hybridized carbons (Fsp3) is 0.286. The third kappa shape index (κ3) is 3.89. The highest BCUT2D eigenvalue weighted by Gasteiger charge is 2.42. The summed E-state index contributed by atoms with van der Waals surface area (Å²) >= 11 is 0. The number of carbonyl (C=O) groups excluding carboxylic acids is 4. The van der Waals surface area contributed by atoms with Gasteiger partial charge in [0.25, 0.3) is 11.8 Å². The smallest absolute Gasteiger partial charge is 0.331 e.